The molecule has 0 aliphatic heterocycles. The highest BCUT2D eigenvalue weighted by Crippen LogP contribution is 2.27. The minimum Gasteiger partial charge on any atom is -0.466 e. The summed E-state index contributed by atoms with van der Waals surface area (Å²) in [6.45, 7) is 0.792. The molecule has 1 rings (SSSR count). The molecule has 2 N–H and O–H groups in total. The van der Waals surface area contributed by atoms with Crippen LogP contribution in [-0.4, -0.2) is 45.5 Å². The van der Waals surface area contributed by atoms with Crippen molar-refractivity contribution in [2.75, 3.05) is 32.1 Å². The summed E-state index contributed by atoms with van der Waals surface area (Å²) in [7, 11) is -1.13. The maximum absolute atomic E-state index is 11.1. The largest absolute Gasteiger partial charge is 0.466 e. The SMILES string of the molecule is CN(CCS(C)(=O)=O)C(CN)c1occc1Br. The second kappa shape index (κ2) is 5.99. The highest BCUT2D eigenvalue weighted by atomic mass is 79.9. The van der Waals surface area contributed by atoms with Gasteiger partial charge in [0, 0.05) is 19.3 Å². The van der Waals surface area contributed by atoms with Gasteiger partial charge in [0.2, 0.25) is 0 Å². The maximum Gasteiger partial charge on any atom is 0.148 e. The predicted molar refractivity (Wildman–Crippen MR) is 70.5 cm³/mol. The summed E-state index contributed by atoms with van der Waals surface area (Å²) < 4.78 is 28.4. The lowest BCUT2D eigenvalue weighted by molar-refractivity contribution is 0.230. The van der Waals surface area contributed by atoms with Crippen molar-refractivity contribution in [1.29, 1.82) is 0 Å². The molecule has 0 fully saturated rings. The highest BCUT2D eigenvalue weighted by Gasteiger charge is 2.21. The van der Waals surface area contributed by atoms with Gasteiger partial charge in [-0.1, -0.05) is 0 Å². The van der Waals surface area contributed by atoms with Crippen LogP contribution in [0.15, 0.2) is 21.2 Å². The van der Waals surface area contributed by atoms with Crippen LogP contribution in [0.3, 0.4) is 0 Å². The molecule has 1 unspecified atom stereocenters. The van der Waals surface area contributed by atoms with Gasteiger partial charge in [-0.05, 0) is 29.0 Å². The number of rotatable bonds is 6. The van der Waals surface area contributed by atoms with Gasteiger partial charge in [0.05, 0.1) is 22.5 Å². The Bertz CT molecular complexity index is 458. The summed E-state index contributed by atoms with van der Waals surface area (Å²) in [6, 6.07) is 1.67. The van der Waals surface area contributed by atoms with Crippen LogP contribution in [0.25, 0.3) is 0 Å². The number of hydrogen-bond donors (Lipinski definition) is 1. The van der Waals surface area contributed by atoms with Crippen molar-refractivity contribution in [3.05, 3.63) is 22.6 Å². The fourth-order valence-electron chi connectivity index (χ4n) is 1.50. The molecule has 1 atom stereocenters. The van der Waals surface area contributed by atoms with E-state index in [1.165, 1.54) is 6.26 Å². The van der Waals surface area contributed by atoms with Gasteiger partial charge in [-0.15, -0.1) is 0 Å². The van der Waals surface area contributed by atoms with Gasteiger partial charge >= 0.3 is 0 Å². The molecular formula is C10H17BrN2O3S. The molecule has 1 aromatic rings. The summed E-state index contributed by atoms with van der Waals surface area (Å²) >= 11 is 3.37. The van der Waals surface area contributed by atoms with Crippen molar-refractivity contribution < 1.29 is 12.8 Å². The maximum atomic E-state index is 11.1. The van der Waals surface area contributed by atoms with Crippen LogP contribution in [-0.2, 0) is 9.84 Å². The Morgan fingerprint density at radius 1 is 1.59 bits per heavy atom. The Morgan fingerprint density at radius 3 is 2.65 bits per heavy atom. The number of halogens is 1. The van der Waals surface area contributed by atoms with E-state index in [9.17, 15) is 8.42 Å². The first-order chi connectivity index (χ1) is 7.85. The lowest BCUT2D eigenvalue weighted by Gasteiger charge is -2.25. The molecule has 1 heterocycles. The summed E-state index contributed by atoms with van der Waals surface area (Å²) in [6.07, 6.45) is 2.80. The van der Waals surface area contributed by atoms with Crippen LogP contribution in [0.2, 0.25) is 0 Å². The van der Waals surface area contributed by atoms with Gasteiger partial charge in [-0.25, -0.2) is 8.42 Å². The zero-order valence-electron chi connectivity index (χ0n) is 9.89. The molecular weight excluding hydrogens is 308 g/mol. The fraction of sp³-hybridized carbons (Fsp3) is 0.600. The highest BCUT2D eigenvalue weighted by molar-refractivity contribution is 9.10. The van der Waals surface area contributed by atoms with Crippen molar-refractivity contribution in [3.63, 3.8) is 0 Å². The molecule has 0 bridgehead atoms. The molecule has 0 aliphatic rings. The van der Waals surface area contributed by atoms with Crippen LogP contribution in [0.4, 0.5) is 0 Å². The van der Waals surface area contributed by atoms with Crippen LogP contribution in [0, 0.1) is 0 Å². The topological polar surface area (TPSA) is 76.5 Å². The normalized spacial score (nSPS) is 14.2. The molecule has 0 radical (unpaired) electrons. The Kier molecular flexibility index (Phi) is 5.18. The van der Waals surface area contributed by atoms with Crippen molar-refractivity contribution in [2.45, 2.75) is 6.04 Å². The second-order valence-electron chi connectivity index (χ2n) is 3.99. The Hall–Kier alpha value is -0.370. The average Bonchev–Trinajstić information content (AvgIpc) is 2.62. The van der Waals surface area contributed by atoms with Gasteiger partial charge in [0.15, 0.2) is 0 Å². The molecule has 1 aromatic heterocycles. The summed E-state index contributed by atoms with van der Waals surface area (Å²) in [5, 5.41) is 0. The van der Waals surface area contributed by atoms with E-state index in [1.54, 1.807) is 12.3 Å². The standard InChI is InChI=1S/C10H17BrN2O3S/c1-13(4-6-17(2,14)15)9(7-12)10-8(11)3-5-16-10/h3,5,9H,4,6-7,12H2,1-2H3. The minimum atomic E-state index is -2.96. The zero-order chi connectivity index (χ0) is 13.1. The lowest BCUT2D eigenvalue weighted by atomic mass is 10.2. The smallest absolute Gasteiger partial charge is 0.148 e. The van der Waals surface area contributed by atoms with Gasteiger partial charge in [-0.2, -0.15) is 0 Å². The number of likely N-dealkylation sites (N-methyl/N-ethyl adjacent to an activating group) is 1. The number of sulfone groups is 1. The molecule has 7 heteroatoms. The molecule has 0 saturated carbocycles. The van der Waals surface area contributed by atoms with E-state index in [4.69, 9.17) is 10.2 Å². The molecule has 98 valence electrons. The lowest BCUT2D eigenvalue weighted by Crippen LogP contribution is -2.33. The van der Waals surface area contributed by atoms with Crippen LogP contribution in [0.5, 0.6) is 0 Å². The number of hydrogen-bond acceptors (Lipinski definition) is 5. The molecule has 17 heavy (non-hydrogen) atoms. The zero-order valence-corrected chi connectivity index (χ0v) is 12.3. The first-order valence-electron chi connectivity index (χ1n) is 5.16. The molecule has 0 spiro atoms. The quantitative estimate of drug-likeness (QED) is 0.845. The molecule has 0 saturated heterocycles. The minimum absolute atomic E-state index is 0.109. The third kappa shape index (κ3) is 4.42. The summed E-state index contributed by atoms with van der Waals surface area (Å²) in [4.78, 5) is 1.88. The summed E-state index contributed by atoms with van der Waals surface area (Å²) in [5.74, 6) is 0.835. The first-order valence-corrected chi connectivity index (χ1v) is 8.01. The van der Waals surface area contributed by atoms with Gasteiger partial charge in [0.1, 0.15) is 15.6 Å². The van der Waals surface area contributed by atoms with E-state index in [2.05, 4.69) is 15.9 Å². The van der Waals surface area contributed by atoms with Crippen LogP contribution >= 0.6 is 15.9 Å². The Balaban J connectivity index is 2.72. The van der Waals surface area contributed by atoms with E-state index in [-0.39, 0.29) is 11.8 Å². The second-order valence-corrected chi connectivity index (χ2v) is 7.11. The Labute approximate surface area is 110 Å². The van der Waals surface area contributed by atoms with Crippen molar-refractivity contribution in [1.82, 2.24) is 4.90 Å². The van der Waals surface area contributed by atoms with Crippen LogP contribution < -0.4 is 5.73 Å². The third-order valence-electron chi connectivity index (χ3n) is 2.52. The molecule has 0 amide bonds. The third-order valence-corrected chi connectivity index (χ3v) is 4.10. The predicted octanol–water partition coefficient (Wildman–Crippen LogP) is 1.02. The fourth-order valence-corrected chi connectivity index (χ4v) is 2.58. The number of nitrogens with zero attached hydrogens (tertiary/aromatic N) is 1. The van der Waals surface area contributed by atoms with Gasteiger partial charge in [0.25, 0.3) is 0 Å². The molecule has 0 aliphatic carbocycles. The van der Waals surface area contributed by atoms with E-state index >= 15 is 0 Å². The van der Waals surface area contributed by atoms with Gasteiger partial charge in [-0.3, -0.25) is 4.90 Å². The molecule has 0 aromatic carbocycles. The van der Waals surface area contributed by atoms with Gasteiger partial charge < -0.3 is 10.2 Å². The number of furan rings is 1. The monoisotopic (exact) mass is 324 g/mol. The van der Waals surface area contributed by atoms with E-state index < -0.39 is 9.84 Å². The average molecular weight is 325 g/mol. The van der Waals surface area contributed by atoms with E-state index in [1.807, 2.05) is 11.9 Å². The Morgan fingerprint density at radius 2 is 2.24 bits per heavy atom. The van der Waals surface area contributed by atoms with Crippen molar-refractivity contribution in [2.24, 2.45) is 5.73 Å². The number of nitrogens with two attached hydrogens (primary N) is 1. The first kappa shape index (κ1) is 14.7. The van der Waals surface area contributed by atoms with Crippen molar-refractivity contribution >= 4 is 25.8 Å². The molecule has 5 nitrogen and oxygen atoms in total. The summed E-state index contributed by atoms with van der Waals surface area (Å²) in [5.41, 5.74) is 5.70. The van der Waals surface area contributed by atoms with E-state index in [0.29, 0.717) is 13.1 Å². The van der Waals surface area contributed by atoms with E-state index in [0.717, 1.165) is 10.2 Å². The van der Waals surface area contributed by atoms with Crippen molar-refractivity contribution in [3.8, 4) is 0 Å². The van der Waals surface area contributed by atoms with Crippen LogP contribution in [0.1, 0.15) is 11.8 Å².